The van der Waals surface area contributed by atoms with Crippen LogP contribution in [0.1, 0.15) is 11.3 Å². The van der Waals surface area contributed by atoms with Gasteiger partial charge in [-0.2, -0.15) is 0 Å². The number of aromatic nitrogens is 4. The highest BCUT2D eigenvalue weighted by Crippen LogP contribution is 2.30. The number of nitrogens with one attached hydrogen (secondary N) is 1. The normalized spacial score (nSPS) is 11.8. The molecule has 0 saturated carbocycles. The third-order valence-corrected chi connectivity index (χ3v) is 6.13. The molecular formula is C20H16BrCl2N5O2. The molecule has 30 heavy (non-hydrogen) atoms. The Balaban J connectivity index is 1.81. The molecule has 0 aliphatic rings. The van der Waals surface area contributed by atoms with E-state index in [1.165, 1.54) is 10.9 Å². The molecule has 2 heterocycles. The molecule has 4 rings (SSSR count). The summed E-state index contributed by atoms with van der Waals surface area (Å²) in [7, 11) is 3.42. The molecule has 7 nitrogen and oxygen atoms in total. The van der Waals surface area contributed by atoms with Crippen LogP contribution >= 0.6 is 39.1 Å². The topological polar surface area (TPSA) is 77.1 Å². The average Bonchev–Trinajstić information content (AvgIpc) is 3.10. The number of aromatic amines is 1. The maximum absolute atomic E-state index is 13.0. The number of benzene rings is 2. The van der Waals surface area contributed by atoms with E-state index in [9.17, 15) is 9.59 Å². The number of rotatable bonds is 3. The first-order valence-corrected chi connectivity index (χ1v) is 10.4. The lowest BCUT2D eigenvalue weighted by Crippen LogP contribution is -2.19. The summed E-state index contributed by atoms with van der Waals surface area (Å²) in [6, 6.07) is 8.53. The van der Waals surface area contributed by atoms with Crippen LogP contribution in [0.4, 0.5) is 5.69 Å². The fraction of sp³-hybridized carbons (Fsp3) is 0.150. The van der Waals surface area contributed by atoms with Gasteiger partial charge in [-0.3, -0.25) is 24.0 Å². The first-order valence-electron chi connectivity index (χ1n) is 8.85. The average molecular weight is 509 g/mol. The van der Waals surface area contributed by atoms with Crippen molar-refractivity contribution in [1.82, 2.24) is 18.9 Å². The van der Waals surface area contributed by atoms with Gasteiger partial charge in [-0.05, 0) is 53.2 Å². The Morgan fingerprint density at radius 3 is 2.43 bits per heavy atom. The zero-order chi connectivity index (χ0) is 21.7. The second-order valence-corrected chi connectivity index (χ2v) is 8.54. The van der Waals surface area contributed by atoms with Crippen molar-refractivity contribution in [2.45, 2.75) is 6.92 Å². The molecule has 0 radical (unpaired) electrons. The number of halogens is 3. The maximum atomic E-state index is 13.0. The number of H-pyrrole nitrogens is 1. The van der Waals surface area contributed by atoms with E-state index in [1.54, 1.807) is 54.4 Å². The van der Waals surface area contributed by atoms with Gasteiger partial charge in [0.1, 0.15) is 0 Å². The molecule has 10 heteroatoms. The van der Waals surface area contributed by atoms with Crippen LogP contribution in [0.25, 0.3) is 16.7 Å². The molecule has 2 aromatic heterocycles. The third-order valence-electron chi connectivity index (χ3n) is 4.94. The maximum Gasteiger partial charge on any atom is 0.328 e. The number of aryl methyl sites for hydroxylation is 3. The van der Waals surface area contributed by atoms with E-state index >= 15 is 0 Å². The van der Waals surface area contributed by atoms with E-state index in [4.69, 9.17) is 23.2 Å². The molecule has 154 valence electrons. The molecule has 0 amide bonds. The fourth-order valence-corrected chi connectivity index (χ4v) is 4.08. The quantitative estimate of drug-likeness (QED) is 0.414. The van der Waals surface area contributed by atoms with Gasteiger partial charge in [-0.25, -0.2) is 9.48 Å². The Morgan fingerprint density at radius 2 is 1.73 bits per heavy atom. The van der Waals surface area contributed by atoms with Crippen molar-refractivity contribution in [3.05, 3.63) is 76.9 Å². The van der Waals surface area contributed by atoms with Crippen LogP contribution in [0.2, 0.25) is 10.0 Å². The van der Waals surface area contributed by atoms with E-state index in [0.717, 1.165) is 11.0 Å². The molecule has 4 aromatic rings. The van der Waals surface area contributed by atoms with Crippen molar-refractivity contribution in [2.24, 2.45) is 19.1 Å². The molecule has 0 fully saturated rings. The van der Waals surface area contributed by atoms with Crippen LogP contribution < -0.4 is 11.2 Å². The van der Waals surface area contributed by atoms with E-state index < -0.39 is 0 Å². The summed E-state index contributed by atoms with van der Waals surface area (Å²) in [6.45, 7) is 1.77. The fourth-order valence-electron chi connectivity index (χ4n) is 3.28. The predicted octanol–water partition coefficient (Wildman–Crippen LogP) is 4.48. The number of imidazole rings is 1. The van der Waals surface area contributed by atoms with Crippen molar-refractivity contribution in [1.29, 1.82) is 0 Å². The zero-order valence-electron chi connectivity index (χ0n) is 16.2. The molecule has 2 aromatic carbocycles. The van der Waals surface area contributed by atoms with Crippen molar-refractivity contribution in [3.63, 3.8) is 0 Å². The Kier molecular flexibility index (Phi) is 5.25. The number of hydrogen-bond acceptors (Lipinski definition) is 3. The second kappa shape index (κ2) is 7.61. The van der Waals surface area contributed by atoms with Gasteiger partial charge in [0.2, 0.25) is 0 Å². The smallest absolute Gasteiger partial charge is 0.295 e. The summed E-state index contributed by atoms with van der Waals surface area (Å²) in [5.74, 6) is 0. The highest BCUT2D eigenvalue weighted by molar-refractivity contribution is 9.10. The number of hydrogen-bond donors (Lipinski definition) is 1. The van der Waals surface area contributed by atoms with Gasteiger partial charge in [-0.1, -0.05) is 23.2 Å². The zero-order valence-corrected chi connectivity index (χ0v) is 19.3. The highest BCUT2D eigenvalue weighted by Gasteiger charge is 2.15. The van der Waals surface area contributed by atoms with Crippen molar-refractivity contribution in [3.8, 4) is 5.69 Å². The minimum Gasteiger partial charge on any atom is -0.295 e. The summed E-state index contributed by atoms with van der Waals surface area (Å²) in [4.78, 5) is 29.6. The Morgan fingerprint density at radius 1 is 1.07 bits per heavy atom. The lowest BCUT2D eigenvalue weighted by atomic mass is 10.2. The monoisotopic (exact) mass is 507 g/mol. The third kappa shape index (κ3) is 3.34. The minimum atomic E-state index is -0.301. The van der Waals surface area contributed by atoms with Crippen molar-refractivity contribution in [2.75, 3.05) is 0 Å². The van der Waals surface area contributed by atoms with Crippen LogP contribution in [0.3, 0.4) is 0 Å². The number of fused-ring (bicyclic) bond motifs is 1. The van der Waals surface area contributed by atoms with Crippen LogP contribution in [0.15, 0.2) is 49.4 Å². The number of nitrogens with zero attached hydrogens (tertiary/aromatic N) is 4. The summed E-state index contributed by atoms with van der Waals surface area (Å²) in [5.41, 5.74) is 3.17. The lowest BCUT2D eigenvalue weighted by Gasteiger charge is -2.04. The van der Waals surface area contributed by atoms with E-state index in [1.807, 2.05) is 6.07 Å². The van der Waals surface area contributed by atoms with Gasteiger partial charge < -0.3 is 0 Å². The first-order chi connectivity index (χ1) is 14.2. The van der Waals surface area contributed by atoms with Crippen LogP contribution in [0.5, 0.6) is 0 Å². The molecule has 0 aliphatic carbocycles. The summed E-state index contributed by atoms with van der Waals surface area (Å²) in [6.07, 6.45) is 1.50. The molecular weight excluding hydrogens is 493 g/mol. The Bertz CT molecular complexity index is 1460. The lowest BCUT2D eigenvalue weighted by molar-refractivity contribution is 0.795. The predicted molar refractivity (Wildman–Crippen MR) is 124 cm³/mol. The van der Waals surface area contributed by atoms with Gasteiger partial charge >= 0.3 is 5.69 Å². The highest BCUT2D eigenvalue weighted by atomic mass is 79.9. The Hall–Kier alpha value is -2.55. The molecule has 0 saturated heterocycles. The van der Waals surface area contributed by atoms with Crippen molar-refractivity contribution >= 4 is 62.1 Å². The number of aliphatic imine (C=N–C) groups is 1. The summed E-state index contributed by atoms with van der Waals surface area (Å²) >= 11 is 15.8. The second-order valence-electron chi connectivity index (χ2n) is 6.84. The van der Waals surface area contributed by atoms with Gasteiger partial charge in [0.15, 0.2) is 0 Å². The summed E-state index contributed by atoms with van der Waals surface area (Å²) in [5, 5.41) is 3.87. The van der Waals surface area contributed by atoms with Crippen LogP contribution in [-0.4, -0.2) is 25.1 Å². The Labute approximate surface area is 189 Å². The van der Waals surface area contributed by atoms with E-state index in [-0.39, 0.29) is 11.2 Å². The van der Waals surface area contributed by atoms with Crippen LogP contribution in [0, 0.1) is 6.92 Å². The van der Waals surface area contributed by atoms with Crippen LogP contribution in [-0.2, 0) is 14.1 Å². The molecule has 1 N–H and O–H groups in total. The van der Waals surface area contributed by atoms with E-state index in [0.29, 0.717) is 37.2 Å². The molecule has 0 unspecified atom stereocenters. The standard InChI is InChI=1S/C20H16BrCl2N5O2/c1-10-12(19(29)28(25-10)16-6-11(22)4-5-14(16)23)9-24-15-8-18-17(7-13(15)21)26(2)20(30)27(18)3/h4-9,25H,1-3H3. The SMILES string of the molecule is Cc1[nH]n(-c2cc(Cl)ccc2Cl)c(=O)c1C=Nc1cc2c(cc1Br)n(C)c(=O)n2C. The molecule has 0 aliphatic heterocycles. The minimum absolute atomic E-state index is 0.124. The van der Waals surface area contributed by atoms with Gasteiger partial charge in [0.05, 0.1) is 33.0 Å². The van der Waals surface area contributed by atoms with Gasteiger partial charge in [-0.15, -0.1) is 0 Å². The first kappa shape index (κ1) is 20.7. The van der Waals surface area contributed by atoms with Gasteiger partial charge in [0.25, 0.3) is 5.56 Å². The van der Waals surface area contributed by atoms with Gasteiger partial charge in [0, 0.05) is 35.5 Å². The molecule has 0 atom stereocenters. The van der Waals surface area contributed by atoms with E-state index in [2.05, 4.69) is 26.0 Å². The molecule has 0 bridgehead atoms. The largest absolute Gasteiger partial charge is 0.328 e. The summed E-state index contributed by atoms with van der Waals surface area (Å²) < 4.78 is 5.16. The van der Waals surface area contributed by atoms with Crippen molar-refractivity contribution < 1.29 is 0 Å². The molecule has 0 spiro atoms.